The van der Waals surface area contributed by atoms with Gasteiger partial charge in [-0.05, 0) is 12.5 Å². The van der Waals surface area contributed by atoms with Crippen LogP contribution in [0.25, 0.3) is 0 Å². The normalized spacial score (nSPS) is 18.7. The fourth-order valence-corrected chi connectivity index (χ4v) is 2.27. The second-order valence-electron chi connectivity index (χ2n) is 3.89. The van der Waals surface area contributed by atoms with Crippen molar-refractivity contribution in [1.29, 1.82) is 0 Å². The summed E-state index contributed by atoms with van der Waals surface area (Å²) in [5.74, 6) is 0.437. The molecule has 82 valence electrons. The molecule has 2 aromatic rings. The lowest BCUT2D eigenvalue weighted by Crippen LogP contribution is -2.21. The Morgan fingerprint density at radius 3 is 3.06 bits per heavy atom. The van der Waals surface area contributed by atoms with Gasteiger partial charge < -0.3 is 0 Å². The van der Waals surface area contributed by atoms with Gasteiger partial charge in [0.15, 0.2) is 0 Å². The van der Waals surface area contributed by atoms with Crippen LogP contribution in [0.2, 0.25) is 0 Å². The average molecular weight is 219 g/mol. The number of aromatic amines is 1. The summed E-state index contributed by atoms with van der Waals surface area (Å²) < 4.78 is 15.2. The van der Waals surface area contributed by atoms with Gasteiger partial charge in [-0.15, -0.1) is 0 Å². The molecule has 1 N–H and O–H groups in total. The van der Waals surface area contributed by atoms with Gasteiger partial charge in [0.05, 0.1) is 6.04 Å². The van der Waals surface area contributed by atoms with E-state index in [9.17, 15) is 9.18 Å². The van der Waals surface area contributed by atoms with Crippen molar-refractivity contribution in [2.24, 2.45) is 0 Å². The molecule has 3 rings (SSSR count). The molecule has 0 amide bonds. The summed E-state index contributed by atoms with van der Waals surface area (Å²) in [6.07, 6.45) is 1.44. The second kappa shape index (κ2) is 3.30. The quantitative estimate of drug-likeness (QED) is 0.784. The van der Waals surface area contributed by atoms with Gasteiger partial charge in [0.2, 0.25) is 0 Å². The van der Waals surface area contributed by atoms with Gasteiger partial charge in [-0.25, -0.2) is 14.3 Å². The Hall–Kier alpha value is -1.91. The molecule has 0 unspecified atom stereocenters. The highest BCUT2D eigenvalue weighted by atomic mass is 19.1. The third-order valence-electron chi connectivity index (χ3n) is 2.99. The molecule has 4 nitrogen and oxygen atoms in total. The lowest BCUT2D eigenvalue weighted by molar-refractivity contribution is 0.537. The van der Waals surface area contributed by atoms with Crippen LogP contribution in [-0.4, -0.2) is 14.8 Å². The molecular weight excluding hydrogens is 209 g/mol. The van der Waals surface area contributed by atoms with Crippen molar-refractivity contribution in [2.45, 2.75) is 18.9 Å². The summed E-state index contributed by atoms with van der Waals surface area (Å²) in [6, 6.07) is 6.34. The Morgan fingerprint density at radius 1 is 1.44 bits per heavy atom. The van der Waals surface area contributed by atoms with Crippen LogP contribution in [0.15, 0.2) is 29.1 Å². The molecule has 0 radical (unpaired) electrons. The maximum absolute atomic E-state index is 13.6. The first-order valence-electron chi connectivity index (χ1n) is 5.17. The van der Waals surface area contributed by atoms with Crippen molar-refractivity contribution in [1.82, 2.24) is 14.8 Å². The highest BCUT2D eigenvalue weighted by Crippen LogP contribution is 2.30. The van der Waals surface area contributed by atoms with Gasteiger partial charge in [0, 0.05) is 12.0 Å². The molecule has 16 heavy (non-hydrogen) atoms. The predicted octanol–water partition coefficient (Wildman–Crippen LogP) is 1.25. The Bertz CT molecular complexity index is 587. The standard InChI is InChI=1S/C11H10FN3O/c12-8-4-2-1-3-7(8)9-5-6-10-13-14-11(16)15(9)10/h1-4,9H,5-6H2,(H,14,16)/t9-/m0/s1. The summed E-state index contributed by atoms with van der Waals surface area (Å²) in [6.45, 7) is 0. The molecule has 0 saturated heterocycles. The molecule has 1 aromatic heterocycles. The molecule has 1 aliphatic heterocycles. The van der Waals surface area contributed by atoms with Crippen molar-refractivity contribution in [3.05, 3.63) is 52.0 Å². The van der Waals surface area contributed by atoms with E-state index in [0.29, 0.717) is 17.8 Å². The van der Waals surface area contributed by atoms with E-state index in [2.05, 4.69) is 10.2 Å². The van der Waals surface area contributed by atoms with E-state index < -0.39 is 0 Å². The zero-order chi connectivity index (χ0) is 11.1. The van der Waals surface area contributed by atoms with Gasteiger partial charge in [0.25, 0.3) is 0 Å². The van der Waals surface area contributed by atoms with E-state index in [1.165, 1.54) is 6.07 Å². The van der Waals surface area contributed by atoms with Crippen LogP contribution in [0.4, 0.5) is 4.39 Å². The number of nitrogens with one attached hydrogen (secondary N) is 1. The molecule has 0 aliphatic carbocycles. The molecule has 0 fully saturated rings. The monoisotopic (exact) mass is 219 g/mol. The number of hydrogen-bond acceptors (Lipinski definition) is 2. The van der Waals surface area contributed by atoms with E-state index in [-0.39, 0.29) is 17.5 Å². The van der Waals surface area contributed by atoms with Crippen LogP contribution in [-0.2, 0) is 6.42 Å². The second-order valence-corrected chi connectivity index (χ2v) is 3.89. The first kappa shape index (κ1) is 9.33. The van der Waals surface area contributed by atoms with E-state index in [0.717, 1.165) is 6.42 Å². The summed E-state index contributed by atoms with van der Waals surface area (Å²) in [5.41, 5.74) is 0.297. The van der Waals surface area contributed by atoms with Crippen LogP contribution >= 0.6 is 0 Å². The van der Waals surface area contributed by atoms with Crippen LogP contribution in [0, 0.1) is 5.82 Å². The van der Waals surface area contributed by atoms with Crippen molar-refractivity contribution >= 4 is 0 Å². The number of benzene rings is 1. The number of aryl methyl sites for hydroxylation is 1. The molecular formula is C11H10FN3O. The molecule has 1 aromatic carbocycles. The first-order chi connectivity index (χ1) is 7.77. The topological polar surface area (TPSA) is 50.7 Å². The fraction of sp³-hybridized carbons (Fsp3) is 0.273. The summed E-state index contributed by atoms with van der Waals surface area (Å²) in [7, 11) is 0. The van der Waals surface area contributed by atoms with Crippen LogP contribution in [0.3, 0.4) is 0 Å². The zero-order valence-corrected chi connectivity index (χ0v) is 8.48. The van der Waals surface area contributed by atoms with Crippen LogP contribution < -0.4 is 5.69 Å². The molecule has 1 aliphatic rings. The average Bonchev–Trinajstić information content (AvgIpc) is 2.83. The third-order valence-corrected chi connectivity index (χ3v) is 2.99. The number of fused-ring (bicyclic) bond motifs is 1. The Balaban J connectivity index is 2.15. The molecule has 1 atom stereocenters. The number of rotatable bonds is 1. The highest BCUT2D eigenvalue weighted by molar-refractivity contribution is 5.24. The maximum Gasteiger partial charge on any atom is 0.343 e. The zero-order valence-electron chi connectivity index (χ0n) is 8.48. The third kappa shape index (κ3) is 1.21. The van der Waals surface area contributed by atoms with Crippen molar-refractivity contribution < 1.29 is 4.39 Å². The molecule has 5 heteroatoms. The van der Waals surface area contributed by atoms with Gasteiger partial charge in [-0.3, -0.25) is 4.57 Å². The summed E-state index contributed by atoms with van der Waals surface area (Å²) in [4.78, 5) is 11.5. The minimum absolute atomic E-state index is 0.220. The summed E-state index contributed by atoms with van der Waals surface area (Å²) in [5, 5.41) is 6.30. The predicted molar refractivity (Wildman–Crippen MR) is 55.7 cm³/mol. The molecule has 0 bridgehead atoms. The number of halogens is 1. The van der Waals surface area contributed by atoms with Crippen LogP contribution in [0.1, 0.15) is 23.9 Å². The van der Waals surface area contributed by atoms with Crippen LogP contribution in [0.5, 0.6) is 0 Å². The molecule has 0 spiro atoms. The summed E-state index contributed by atoms with van der Waals surface area (Å²) >= 11 is 0. The minimum atomic E-state index is -0.270. The largest absolute Gasteiger partial charge is 0.343 e. The molecule has 2 heterocycles. The van der Waals surface area contributed by atoms with E-state index in [4.69, 9.17) is 0 Å². The van der Waals surface area contributed by atoms with E-state index >= 15 is 0 Å². The smallest absolute Gasteiger partial charge is 0.271 e. The van der Waals surface area contributed by atoms with E-state index in [1.807, 2.05) is 0 Å². The lowest BCUT2D eigenvalue weighted by Gasteiger charge is -2.12. The van der Waals surface area contributed by atoms with Gasteiger partial charge >= 0.3 is 5.69 Å². The maximum atomic E-state index is 13.6. The Kier molecular flexibility index (Phi) is 1.92. The van der Waals surface area contributed by atoms with Crippen molar-refractivity contribution in [3.8, 4) is 0 Å². The van der Waals surface area contributed by atoms with E-state index in [1.54, 1.807) is 22.8 Å². The number of nitrogens with zero attached hydrogens (tertiary/aromatic N) is 2. The van der Waals surface area contributed by atoms with Crippen molar-refractivity contribution in [2.75, 3.05) is 0 Å². The van der Waals surface area contributed by atoms with Gasteiger partial charge in [-0.2, -0.15) is 5.10 Å². The minimum Gasteiger partial charge on any atom is -0.271 e. The highest BCUT2D eigenvalue weighted by Gasteiger charge is 2.28. The van der Waals surface area contributed by atoms with Crippen molar-refractivity contribution in [3.63, 3.8) is 0 Å². The SMILES string of the molecule is O=c1[nH]nc2n1[C@H](c1ccccc1F)CC2. The lowest BCUT2D eigenvalue weighted by atomic mass is 10.0. The Labute approximate surface area is 90.7 Å². The molecule has 0 saturated carbocycles. The number of aromatic nitrogens is 3. The number of H-pyrrole nitrogens is 1. The fourth-order valence-electron chi connectivity index (χ4n) is 2.27. The van der Waals surface area contributed by atoms with Gasteiger partial charge in [0.1, 0.15) is 11.6 Å². The first-order valence-corrected chi connectivity index (χ1v) is 5.17. The Morgan fingerprint density at radius 2 is 2.25 bits per heavy atom. The number of hydrogen-bond donors (Lipinski definition) is 1. The van der Waals surface area contributed by atoms with Gasteiger partial charge in [-0.1, -0.05) is 18.2 Å².